The Labute approximate surface area is 109 Å². The predicted molar refractivity (Wildman–Crippen MR) is 89.5 cm³/mol. The lowest BCUT2D eigenvalue weighted by Crippen LogP contribution is -0.382. The summed E-state index contributed by atoms with van der Waals surface area (Å²) >= 11 is 0. The van der Waals surface area contributed by atoms with Gasteiger partial charge >= 0.3 is 0 Å². The molecule has 11 radical (unpaired) electrons. The van der Waals surface area contributed by atoms with Crippen LogP contribution in [0.4, 0.5) is 0 Å². The summed E-state index contributed by atoms with van der Waals surface area (Å²) in [6.45, 7) is 0. The van der Waals surface area contributed by atoms with Crippen LogP contribution in [0.1, 0.15) is 60.7 Å². The van der Waals surface area contributed by atoms with Gasteiger partial charge < -0.3 is 0 Å². The number of hydrogen-bond donors (Lipinski definition) is 0. The lowest BCUT2D eigenvalue weighted by molar-refractivity contribution is 2.50. The average Bonchev–Trinajstić information content (AvgIpc) is 2.54. The summed E-state index contributed by atoms with van der Waals surface area (Å²) in [5.74, 6) is 0. The molecule has 0 unspecified atom stereocenters. The van der Waals surface area contributed by atoms with E-state index >= 15 is 0 Å². The van der Waals surface area contributed by atoms with Crippen molar-refractivity contribution in [3.63, 3.8) is 0 Å². The van der Waals surface area contributed by atoms with Crippen LogP contribution in [0.15, 0.2) is 0 Å². The first kappa shape index (κ1) is 17.4. The van der Waals surface area contributed by atoms with Crippen LogP contribution in [0.3, 0.4) is 0 Å². The van der Waals surface area contributed by atoms with Crippen LogP contribution < -0.4 is 0 Å². The molecule has 0 nitrogen and oxygen atoms in total. The highest BCUT2D eigenvalue weighted by atomic mass is 12.0. The third-order valence-corrected chi connectivity index (χ3v) is 0. The van der Waals surface area contributed by atoms with Gasteiger partial charge in [0.05, 0.1) is 0 Å². The Morgan fingerprint density at radius 2 is 0.727 bits per heavy atom. The molecule has 0 heterocycles. The Kier molecular flexibility index (Phi) is 13500. The highest BCUT2D eigenvalue weighted by molar-refractivity contribution is 5.76. The average molecular weight is 189 g/mol. The van der Waals surface area contributed by atoms with E-state index in [9.17, 15) is 0 Å². The van der Waals surface area contributed by atoms with Gasteiger partial charge in [-0.1, -0.05) is 44.6 Å². The van der Waals surface area contributed by atoms with Crippen molar-refractivity contribution in [1.82, 2.24) is 0 Å². The smallest absolute Gasteiger partial charge is 0.0379 e. The lowest BCUT2D eigenvalue weighted by Gasteiger charge is -0.0786. The molecule has 0 amide bonds. The zero-order valence-electron chi connectivity index (χ0n) is 14.9. The van der Waals surface area contributed by atoms with E-state index in [1.807, 2.05) is 0 Å². The summed E-state index contributed by atoms with van der Waals surface area (Å²) < 4.78 is 61.0. The molecule has 11 heavy (non-hydrogen) atoms. The van der Waals surface area contributed by atoms with Crippen molar-refractivity contribution in [2.24, 2.45) is 0 Å². The van der Waals surface area contributed by atoms with Crippen LogP contribution in [0.5, 0.6) is 0 Å². The molecular formula is C6H42B5. The molecule has 0 aromatic heterocycles. The molecule has 0 aliphatic carbocycles. The monoisotopic (exact) mass is 189 g/mol. The van der Waals surface area contributed by atoms with E-state index in [1.165, 1.54) is 0 Å². The van der Waals surface area contributed by atoms with Crippen LogP contribution in [0.25, 0.3) is 0 Å². The maximum atomic E-state index is 5.25. The van der Waals surface area contributed by atoms with E-state index in [4.69, 9.17) is 17.2 Å². The minimum Gasteiger partial charge on any atom is -0.0776 e. The maximum Gasteiger partial charge on any atom is 0.0379 e. The molecule has 0 aromatic carbocycles. The summed E-state index contributed by atoms with van der Waals surface area (Å²) in [4.78, 5) is 0. The zero-order chi connectivity index (χ0) is 16.0. The Bertz CT molecular complexity index is 36.5. The van der Waals surface area contributed by atoms with Gasteiger partial charge in [-0.15, -0.1) is 0 Å². The fourth-order valence-electron chi connectivity index (χ4n) is 0. The summed E-state index contributed by atoms with van der Waals surface area (Å²) in [6.07, 6.45) is 0. The fraction of sp³-hybridized carbons (Fsp3) is 1.00. The van der Waals surface area contributed by atoms with Crippen molar-refractivity contribution in [3.05, 3.63) is 0 Å². The predicted octanol–water partition coefficient (Wildman–Crippen LogP) is 2.56. The number of rotatable bonds is 0. The molecule has 0 aliphatic heterocycles. The molecule has 0 N–H and O–H groups in total. The highest BCUT2D eigenvalue weighted by Gasteiger charge is 0.0413. The lowest BCUT2D eigenvalue weighted by atomic mass is 10.8. The van der Waals surface area contributed by atoms with E-state index in [1.54, 1.807) is 0 Å². The summed E-state index contributed by atoms with van der Waals surface area (Å²) in [5.41, 5.74) is 0. The van der Waals surface area contributed by atoms with Gasteiger partial charge in [-0.05, 0) is 5.34 Å². The van der Waals surface area contributed by atoms with Crippen molar-refractivity contribution >= 4 is 41.9 Å². The summed E-state index contributed by atoms with van der Waals surface area (Å²) in [5, 5.41) is 0. The minimum absolute atomic E-state index is 0. The van der Waals surface area contributed by atoms with Gasteiger partial charge in [-0.25, -0.2) is 0 Å². The highest BCUT2D eigenvalue weighted by Crippen LogP contribution is 0.149. The fourth-order valence-corrected chi connectivity index (χ4v) is 0. The molecule has 0 aromatic rings. The first-order valence-electron chi connectivity index (χ1n) is 6.31. The Hall–Kier alpha value is 0.325. The Morgan fingerprint density at radius 3 is 0.727 bits per heavy atom. The molecule has 81 valence electrons. The molecule has 0 spiro atoms. The van der Waals surface area contributed by atoms with Gasteiger partial charge in [-0.2, -0.15) is 0 Å². The molecule has 0 aliphatic rings. The molecule has 0 saturated heterocycles. The first-order valence-corrected chi connectivity index (χ1v) is 0. The zero-order valence-corrected chi connectivity index (χ0v) is 2.89. The molecule has 0 saturated carbocycles. The number of hydrogen-bond acceptors (Lipinski definition) is 0. The SMILES string of the molecule is C.C.C.C.C.C.[2HH].[2HH].[2H][2H].[2H][2H].[2H][2H].[2H][2H].[3HH].[3H][B].[3H][B].[3H][B].[3H][B].[B]. The van der Waals surface area contributed by atoms with Gasteiger partial charge in [-0.3, -0.25) is 0 Å². The van der Waals surface area contributed by atoms with Gasteiger partial charge in [0.25, 0.3) is 0 Å². The van der Waals surface area contributed by atoms with Gasteiger partial charge in [0, 0.05) is 58.1 Å². The van der Waals surface area contributed by atoms with E-state index in [0.29, 0.717) is 0 Å². The van der Waals surface area contributed by atoms with Gasteiger partial charge in [0.1, 0.15) is 0 Å². The van der Waals surface area contributed by atoms with Crippen LogP contribution >= 0.6 is 0 Å². The topological polar surface area (TPSA) is 0 Å². The van der Waals surface area contributed by atoms with E-state index in [2.05, 4.69) is 33.5 Å². The largest absolute Gasteiger partial charge is 0.0776 e. The van der Waals surface area contributed by atoms with Gasteiger partial charge in [0.15, 0.2) is 0 Å². The van der Waals surface area contributed by atoms with E-state index in [0.717, 1.165) is 0 Å². The standard InChI is InChI=1S/6CH4.4BH.B.7H2/h6*1H4;4*1H;;7*1H/i;;;;;;4*1T;;1+2;4*1+1D;2*1+1. The third kappa shape index (κ3) is 6790. The third-order valence-electron chi connectivity index (χ3n) is 0. The summed E-state index contributed by atoms with van der Waals surface area (Å²) in [7, 11) is 15.0. The van der Waals surface area contributed by atoms with Crippen LogP contribution in [0, 0.1) is 0 Å². The molecule has 0 fully saturated rings. The quantitative estimate of drug-likeness (QED) is 0.513. The van der Waals surface area contributed by atoms with E-state index in [-0.39, 0.29) is 57.3 Å². The Balaban J connectivity index is -0.00000000167. The first-order chi connectivity index (χ1) is 8.00. The van der Waals surface area contributed by atoms with Crippen molar-refractivity contribution in [2.75, 3.05) is 0 Å². The van der Waals surface area contributed by atoms with E-state index < -0.39 is 0 Å². The minimum atomic E-state index is 0. The second-order valence-corrected chi connectivity index (χ2v) is 0. The molecule has 0 atom stereocenters. The molecular weight excluding hydrogens is 126 g/mol. The second-order valence-electron chi connectivity index (χ2n) is 0. The maximum absolute atomic E-state index is 5.25. The van der Waals surface area contributed by atoms with Gasteiger partial charge in [0.2, 0.25) is 0 Å². The second kappa shape index (κ2) is 8520. The van der Waals surface area contributed by atoms with Crippen molar-refractivity contribution < 1.29 is 16.2 Å². The van der Waals surface area contributed by atoms with Crippen LogP contribution in [-0.4, -0.2) is 47.3 Å². The molecule has 0 bridgehead atoms. The normalized spacial score (nSPS) is 5.09. The molecule has 0 rings (SSSR count). The summed E-state index contributed by atoms with van der Waals surface area (Å²) in [6, 6.07) is 0. The Morgan fingerprint density at radius 1 is 0.727 bits per heavy atom. The van der Waals surface area contributed by atoms with Crippen LogP contribution in [0.2, 0.25) is 0 Å². The van der Waals surface area contributed by atoms with Crippen molar-refractivity contribution in [1.29, 1.82) is 5.34 Å². The molecule has 5 heteroatoms. The van der Waals surface area contributed by atoms with Crippen molar-refractivity contribution in [3.8, 4) is 0 Å². The van der Waals surface area contributed by atoms with Crippen LogP contribution in [-0.2, 0) is 0 Å². The van der Waals surface area contributed by atoms with Crippen molar-refractivity contribution in [2.45, 2.75) is 44.6 Å².